The third kappa shape index (κ3) is 3.88. The number of benzene rings is 3. The molecule has 5 aromatic rings. The molecule has 0 atom stereocenters. The largest absolute Gasteiger partial charge is 0.325 e. The molecule has 2 N–H and O–H groups in total. The molecule has 2 aromatic heterocycles. The molecule has 0 radical (unpaired) electrons. The van der Waals surface area contributed by atoms with Crippen LogP contribution in [0.5, 0.6) is 0 Å². The van der Waals surface area contributed by atoms with Crippen molar-refractivity contribution < 1.29 is 4.79 Å². The van der Waals surface area contributed by atoms with E-state index in [1.165, 1.54) is 11.8 Å². The lowest BCUT2D eigenvalue weighted by Gasteiger charge is -2.13. The number of aromatic amines is 1. The maximum atomic E-state index is 13.3. The van der Waals surface area contributed by atoms with Crippen molar-refractivity contribution in [2.24, 2.45) is 0 Å². The van der Waals surface area contributed by atoms with Crippen LogP contribution in [0, 0.1) is 6.92 Å². The van der Waals surface area contributed by atoms with Gasteiger partial charge in [-0.15, -0.1) is 0 Å². The lowest BCUT2D eigenvalue weighted by molar-refractivity contribution is -0.113. The van der Waals surface area contributed by atoms with Gasteiger partial charge in [-0.05, 0) is 49.4 Å². The Labute approximate surface area is 187 Å². The van der Waals surface area contributed by atoms with Gasteiger partial charge >= 0.3 is 0 Å². The number of aryl methyl sites for hydroxylation is 1. The fourth-order valence-electron chi connectivity index (χ4n) is 3.47. The molecule has 0 aliphatic carbocycles. The van der Waals surface area contributed by atoms with E-state index in [1.54, 1.807) is 22.9 Å². The van der Waals surface area contributed by atoms with Crippen LogP contribution in [0.15, 0.2) is 82.9 Å². The van der Waals surface area contributed by atoms with Crippen LogP contribution in [0.25, 0.3) is 27.5 Å². The highest BCUT2D eigenvalue weighted by atomic mass is 32.2. The molecule has 0 saturated heterocycles. The Kier molecular flexibility index (Phi) is 5.20. The molecule has 32 heavy (non-hydrogen) atoms. The number of thioether (sulfide) groups is 1. The van der Waals surface area contributed by atoms with E-state index in [0.29, 0.717) is 27.4 Å². The summed E-state index contributed by atoms with van der Waals surface area (Å²) in [6.07, 6.45) is 1.73. The van der Waals surface area contributed by atoms with Crippen LogP contribution >= 0.6 is 11.8 Å². The maximum absolute atomic E-state index is 13.3. The first-order valence-electron chi connectivity index (χ1n) is 10.0. The van der Waals surface area contributed by atoms with Crippen LogP contribution in [-0.2, 0) is 4.79 Å². The number of anilines is 1. The number of amides is 1. The zero-order valence-electron chi connectivity index (χ0n) is 17.2. The Morgan fingerprint density at radius 1 is 1.09 bits per heavy atom. The first-order valence-corrected chi connectivity index (χ1v) is 11.0. The smallest absolute Gasteiger partial charge is 0.266 e. The fraction of sp³-hybridized carbons (Fsp3) is 0.0833. The summed E-state index contributed by atoms with van der Waals surface area (Å²) in [5.74, 6) is -0.0794. The van der Waals surface area contributed by atoms with Gasteiger partial charge in [-0.25, -0.2) is 4.98 Å². The van der Waals surface area contributed by atoms with Crippen molar-refractivity contribution in [2.45, 2.75) is 12.1 Å². The Morgan fingerprint density at radius 2 is 1.91 bits per heavy atom. The second kappa shape index (κ2) is 8.32. The van der Waals surface area contributed by atoms with Crippen LogP contribution < -0.4 is 10.9 Å². The van der Waals surface area contributed by atoms with Crippen LogP contribution in [0.3, 0.4) is 0 Å². The monoisotopic (exact) mass is 441 g/mol. The van der Waals surface area contributed by atoms with Crippen LogP contribution in [0.2, 0.25) is 0 Å². The van der Waals surface area contributed by atoms with E-state index in [9.17, 15) is 9.59 Å². The predicted octanol–water partition coefficient (Wildman–Crippen LogP) is 4.30. The van der Waals surface area contributed by atoms with Crippen LogP contribution in [0.4, 0.5) is 5.69 Å². The maximum Gasteiger partial charge on any atom is 0.266 e. The Bertz CT molecular complexity index is 1500. The van der Waals surface area contributed by atoms with Crippen molar-refractivity contribution >= 4 is 45.2 Å². The summed E-state index contributed by atoms with van der Waals surface area (Å²) in [6, 6.07) is 20.5. The molecule has 3 aromatic carbocycles. The molecule has 8 heteroatoms. The Morgan fingerprint density at radius 3 is 2.75 bits per heavy atom. The molecule has 1 amide bonds. The normalized spacial score (nSPS) is 11.2. The van der Waals surface area contributed by atoms with Gasteiger partial charge in [0, 0.05) is 11.1 Å². The lowest BCUT2D eigenvalue weighted by Crippen LogP contribution is -2.23. The summed E-state index contributed by atoms with van der Waals surface area (Å²) < 4.78 is 1.57. The van der Waals surface area contributed by atoms with E-state index < -0.39 is 0 Å². The standard InChI is InChI=1S/C24H19N5O2S/c1-15-6-10-18(11-7-15)29-23(31)19-4-2-3-5-20(19)27-24(29)32-14-22(30)26-17-9-8-16-13-25-28-21(16)12-17/h2-13H,14H2,1H3,(H,25,28)(H,26,30). The van der Waals surface area contributed by atoms with Gasteiger partial charge in [-0.1, -0.05) is 41.6 Å². The molecule has 158 valence electrons. The summed E-state index contributed by atoms with van der Waals surface area (Å²) in [4.78, 5) is 30.6. The van der Waals surface area contributed by atoms with Gasteiger partial charge < -0.3 is 5.32 Å². The van der Waals surface area contributed by atoms with Crippen molar-refractivity contribution in [3.8, 4) is 5.69 Å². The van der Waals surface area contributed by atoms with E-state index in [-0.39, 0.29) is 17.2 Å². The summed E-state index contributed by atoms with van der Waals surface area (Å²) in [6.45, 7) is 1.99. The predicted molar refractivity (Wildman–Crippen MR) is 128 cm³/mol. The number of carbonyl (C=O) groups excluding carboxylic acids is 1. The zero-order valence-corrected chi connectivity index (χ0v) is 18.0. The number of rotatable bonds is 5. The second-order valence-electron chi connectivity index (χ2n) is 7.40. The van der Waals surface area contributed by atoms with Crippen LogP contribution in [0.1, 0.15) is 5.56 Å². The number of hydrogen-bond acceptors (Lipinski definition) is 5. The number of carbonyl (C=O) groups is 1. The molecule has 0 bridgehead atoms. The topological polar surface area (TPSA) is 92.7 Å². The van der Waals surface area contributed by atoms with Gasteiger partial charge in [-0.3, -0.25) is 19.3 Å². The van der Waals surface area contributed by atoms with Gasteiger partial charge in [0.25, 0.3) is 5.56 Å². The Hall–Kier alpha value is -3.91. The average Bonchev–Trinajstić information content (AvgIpc) is 3.27. The molecular formula is C24H19N5O2S. The fourth-order valence-corrected chi connectivity index (χ4v) is 4.29. The minimum Gasteiger partial charge on any atom is -0.325 e. The number of fused-ring (bicyclic) bond motifs is 2. The number of aromatic nitrogens is 4. The SMILES string of the molecule is Cc1ccc(-n2c(SCC(=O)Nc3ccc4cn[nH]c4c3)nc3ccccc3c2=O)cc1. The molecule has 0 unspecified atom stereocenters. The molecule has 0 saturated carbocycles. The quantitative estimate of drug-likeness (QED) is 0.313. The van der Waals surface area contributed by atoms with Crippen molar-refractivity contribution in [2.75, 3.05) is 11.1 Å². The highest BCUT2D eigenvalue weighted by molar-refractivity contribution is 7.99. The summed E-state index contributed by atoms with van der Waals surface area (Å²) in [5.41, 5.74) is 3.78. The van der Waals surface area contributed by atoms with E-state index in [4.69, 9.17) is 0 Å². The number of hydrogen-bond donors (Lipinski definition) is 2. The molecule has 0 fully saturated rings. The van der Waals surface area contributed by atoms with Crippen molar-refractivity contribution in [1.29, 1.82) is 0 Å². The van der Waals surface area contributed by atoms with E-state index in [0.717, 1.165) is 16.5 Å². The van der Waals surface area contributed by atoms with Gasteiger partial charge in [-0.2, -0.15) is 5.10 Å². The number of nitrogens with one attached hydrogen (secondary N) is 2. The molecular weight excluding hydrogens is 422 g/mol. The lowest BCUT2D eigenvalue weighted by atomic mass is 10.2. The number of nitrogens with zero attached hydrogens (tertiary/aromatic N) is 3. The molecule has 0 spiro atoms. The minimum atomic E-state index is -0.188. The highest BCUT2D eigenvalue weighted by Crippen LogP contribution is 2.22. The molecule has 2 heterocycles. The minimum absolute atomic E-state index is 0.109. The van der Waals surface area contributed by atoms with Crippen LogP contribution in [-0.4, -0.2) is 31.4 Å². The van der Waals surface area contributed by atoms with Gasteiger partial charge in [0.1, 0.15) is 0 Å². The molecule has 0 aliphatic heterocycles. The van der Waals surface area contributed by atoms with Gasteiger partial charge in [0.05, 0.1) is 34.1 Å². The number of para-hydroxylation sites is 1. The third-order valence-corrected chi connectivity index (χ3v) is 6.03. The van der Waals surface area contributed by atoms with E-state index in [2.05, 4.69) is 20.5 Å². The molecule has 7 nitrogen and oxygen atoms in total. The summed E-state index contributed by atoms with van der Waals surface area (Å²) in [7, 11) is 0. The highest BCUT2D eigenvalue weighted by Gasteiger charge is 2.15. The molecule has 0 aliphatic rings. The first kappa shape index (κ1) is 20.0. The van der Waals surface area contributed by atoms with Crippen molar-refractivity contribution in [1.82, 2.24) is 19.7 Å². The van der Waals surface area contributed by atoms with E-state index >= 15 is 0 Å². The Balaban J connectivity index is 1.44. The van der Waals surface area contributed by atoms with E-state index in [1.807, 2.05) is 61.5 Å². The van der Waals surface area contributed by atoms with Crippen molar-refractivity contribution in [3.63, 3.8) is 0 Å². The van der Waals surface area contributed by atoms with Gasteiger partial charge in [0.2, 0.25) is 5.91 Å². The third-order valence-electron chi connectivity index (χ3n) is 5.10. The zero-order chi connectivity index (χ0) is 22.1. The first-order chi connectivity index (χ1) is 15.6. The van der Waals surface area contributed by atoms with Gasteiger partial charge in [0.15, 0.2) is 5.16 Å². The number of H-pyrrole nitrogens is 1. The average molecular weight is 442 g/mol. The van der Waals surface area contributed by atoms with Crippen molar-refractivity contribution in [3.05, 3.63) is 88.8 Å². The summed E-state index contributed by atoms with van der Waals surface area (Å²) >= 11 is 1.23. The molecule has 5 rings (SSSR count). The second-order valence-corrected chi connectivity index (χ2v) is 8.34. The summed E-state index contributed by atoms with van der Waals surface area (Å²) in [5, 5.41) is 11.7.